The number of hydrogen-bond acceptors (Lipinski definition) is 1. The molecule has 3 heteroatoms. The molecule has 0 radical (unpaired) electrons. The standard InChI is InChI=1S/C14H21ClFN/c1-5-7-8-12(6-2)17-10-9-13(15)14(16)11(3)4/h7-11H,5-6H2,1-4H3/b8-7-,10-9+,14-13?,17-12-. The van der Waals surface area contributed by atoms with Gasteiger partial charge in [-0.15, -0.1) is 0 Å². The summed E-state index contributed by atoms with van der Waals surface area (Å²) in [5, 5.41) is 0.124. The van der Waals surface area contributed by atoms with Crippen molar-refractivity contribution in [3.63, 3.8) is 0 Å². The van der Waals surface area contributed by atoms with Crippen molar-refractivity contribution in [2.45, 2.75) is 40.5 Å². The van der Waals surface area contributed by atoms with E-state index >= 15 is 0 Å². The average Bonchev–Trinajstić information content (AvgIpc) is 2.31. The highest BCUT2D eigenvalue weighted by atomic mass is 35.5. The maximum absolute atomic E-state index is 13.4. The molecule has 0 fully saturated rings. The lowest BCUT2D eigenvalue weighted by molar-refractivity contribution is 0.518. The van der Waals surface area contributed by atoms with Crippen LogP contribution < -0.4 is 0 Å². The Balaban J connectivity index is 4.67. The van der Waals surface area contributed by atoms with E-state index in [0.717, 1.165) is 18.6 Å². The van der Waals surface area contributed by atoms with Crippen molar-refractivity contribution in [1.29, 1.82) is 0 Å². The van der Waals surface area contributed by atoms with Crippen LogP contribution in [0.5, 0.6) is 0 Å². The van der Waals surface area contributed by atoms with Gasteiger partial charge in [-0.25, -0.2) is 4.39 Å². The average molecular weight is 258 g/mol. The second-order valence-electron chi connectivity index (χ2n) is 3.95. The minimum absolute atomic E-state index is 0.124. The molecule has 0 aromatic carbocycles. The maximum Gasteiger partial charge on any atom is 0.121 e. The fourth-order valence-corrected chi connectivity index (χ4v) is 1.33. The summed E-state index contributed by atoms with van der Waals surface area (Å²) in [5.74, 6) is -0.498. The smallest absolute Gasteiger partial charge is 0.121 e. The second-order valence-corrected chi connectivity index (χ2v) is 4.36. The first kappa shape index (κ1) is 16.1. The molecular weight excluding hydrogens is 237 g/mol. The first-order valence-electron chi connectivity index (χ1n) is 5.97. The van der Waals surface area contributed by atoms with Gasteiger partial charge in [-0.1, -0.05) is 45.4 Å². The van der Waals surface area contributed by atoms with Gasteiger partial charge >= 0.3 is 0 Å². The van der Waals surface area contributed by atoms with Crippen LogP contribution in [0, 0.1) is 5.92 Å². The van der Waals surface area contributed by atoms with Crippen molar-refractivity contribution >= 4 is 17.3 Å². The normalized spacial score (nSPS) is 15.1. The molecule has 0 spiro atoms. The van der Waals surface area contributed by atoms with E-state index < -0.39 is 0 Å². The highest BCUT2D eigenvalue weighted by Crippen LogP contribution is 2.20. The van der Waals surface area contributed by atoms with E-state index in [1.807, 2.05) is 19.1 Å². The fraction of sp³-hybridized carbons (Fsp3) is 0.500. The molecule has 0 unspecified atom stereocenters. The van der Waals surface area contributed by atoms with Gasteiger partial charge in [0.15, 0.2) is 0 Å². The van der Waals surface area contributed by atoms with Gasteiger partial charge in [0.25, 0.3) is 0 Å². The molecule has 0 atom stereocenters. The van der Waals surface area contributed by atoms with E-state index in [-0.39, 0.29) is 16.8 Å². The van der Waals surface area contributed by atoms with Crippen LogP contribution in [0.3, 0.4) is 0 Å². The number of rotatable bonds is 6. The third-order valence-electron chi connectivity index (χ3n) is 2.10. The topological polar surface area (TPSA) is 12.4 Å². The molecule has 0 saturated heterocycles. The van der Waals surface area contributed by atoms with Crippen molar-refractivity contribution in [2.24, 2.45) is 10.9 Å². The number of allylic oxidation sites excluding steroid dienone is 5. The Morgan fingerprint density at radius 1 is 1.29 bits per heavy atom. The third-order valence-corrected chi connectivity index (χ3v) is 2.41. The van der Waals surface area contributed by atoms with Crippen LogP contribution >= 0.6 is 11.6 Å². The van der Waals surface area contributed by atoms with Gasteiger partial charge in [-0.05, 0) is 25.0 Å². The molecule has 0 saturated carbocycles. The fourth-order valence-electron chi connectivity index (χ4n) is 1.06. The maximum atomic E-state index is 13.4. The molecule has 0 N–H and O–H groups in total. The van der Waals surface area contributed by atoms with Gasteiger partial charge in [0.1, 0.15) is 5.83 Å². The van der Waals surface area contributed by atoms with Crippen LogP contribution in [0.1, 0.15) is 40.5 Å². The van der Waals surface area contributed by atoms with E-state index in [9.17, 15) is 4.39 Å². The van der Waals surface area contributed by atoms with Crippen LogP contribution in [0.25, 0.3) is 0 Å². The van der Waals surface area contributed by atoms with Crippen LogP contribution in [0.4, 0.5) is 4.39 Å². The Morgan fingerprint density at radius 3 is 2.41 bits per heavy atom. The number of hydrogen-bond donors (Lipinski definition) is 0. The number of nitrogens with zero attached hydrogens (tertiary/aromatic N) is 1. The van der Waals surface area contributed by atoms with Crippen molar-refractivity contribution in [1.82, 2.24) is 0 Å². The molecular formula is C14H21ClFN. The Bertz CT molecular complexity index is 338. The summed E-state index contributed by atoms with van der Waals surface area (Å²) in [5.41, 5.74) is 0.956. The van der Waals surface area contributed by atoms with Gasteiger partial charge in [0.2, 0.25) is 0 Å². The van der Waals surface area contributed by atoms with Crippen LogP contribution in [0.15, 0.2) is 40.3 Å². The van der Waals surface area contributed by atoms with Crippen LogP contribution in [-0.2, 0) is 0 Å². The Hall–Kier alpha value is -0.890. The summed E-state index contributed by atoms with van der Waals surface area (Å²) in [6, 6.07) is 0. The number of halogens is 2. The summed E-state index contributed by atoms with van der Waals surface area (Å²) in [6.07, 6.45) is 8.87. The molecule has 96 valence electrons. The molecule has 0 rings (SSSR count). The predicted octanol–water partition coefficient (Wildman–Crippen LogP) is 5.39. The van der Waals surface area contributed by atoms with Gasteiger partial charge in [-0.3, -0.25) is 4.99 Å². The van der Waals surface area contributed by atoms with Crippen molar-refractivity contribution in [3.8, 4) is 0 Å². The summed E-state index contributed by atoms with van der Waals surface area (Å²) in [6.45, 7) is 7.61. The van der Waals surface area contributed by atoms with Crippen molar-refractivity contribution in [3.05, 3.63) is 35.3 Å². The van der Waals surface area contributed by atoms with E-state index in [4.69, 9.17) is 11.6 Å². The minimum Gasteiger partial charge on any atom is -0.261 e. The highest BCUT2D eigenvalue weighted by molar-refractivity contribution is 6.31. The molecule has 17 heavy (non-hydrogen) atoms. The van der Waals surface area contributed by atoms with Crippen molar-refractivity contribution in [2.75, 3.05) is 0 Å². The van der Waals surface area contributed by atoms with E-state index in [2.05, 4.69) is 11.9 Å². The van der Waals surface area contributed by atoms with E-state index in [1.54, 1.807) is 20.0 Å². The van der Waals surface area contributed by atoms with E-state index in [1.165, 1.54) is 6.08 Å². The van der Waals surface area contributed by atoms with Crippen LogP contribution in [0.2, 0.25) is 0 Å². The highest BCUT2D eigenvalue weighted by Gasteiger charge is 2.05. The summed E-state index contributed by atoms with van der Waals surface area (Å²) in [4.78, 5) is 4.23. The van der Waals surface area contributed by atoms with E-state index in [0.29, 0.717) is 0 Å². The molecule has 0 aliphatic heterocycles. The Kier molecular flexibility index (Phi) is 8.69. The van der Waals surface area contributed by atoms with Crippen molar-refractivity contribution < 1.29 is 4.39 Å². The monoisotopic (exact) mass is 257 g/mol. The SMILES string of the molecule is CC\C=C/C(CC)=N\C=C\C(Cl)=C(F)C(C)C. The molecule has 0 heterocycles. The quantitative estimate of drug-likeness (QED) is 0.447. The first-order chi connectivity index (χ1) is 8.02. The summed E-state index contributed by atoms with van der Waals surface area (Å²) < 4.78 is 13.4. The molecule has 0 aliphatic rings. The zero-order chi connectivity index (χ0) is 13.3. The lowest BCUT2D eigenvalue weighted by Gasteiger charge is -2.00. The first-order valence-corrected chi connectivity index (χ1v) is 6.35. The predicted molar refractivity (Wildman–Crippen MR) is 75.1 cm³/mol. The largest absolute Gasteiger partial charge is 0.261 e. The molecule has 1 nitrogen and oxygen atoms in total. The molecule has 0 aromatic rings. The molecule has 0 bridgehead atoms. The minimum atomic E-state index is -0.305. The molecule has 0 amide bonds. The van der Waals surface area contributed by atoms with Gasteiger partial charge < -0.3 is 0 Å². The zero-order valence-corrected chi connectivity index (χ0v) is 11.8. The van der Waals surface area contributed by atoms with Gasteiger partial charge in [0.05, 0.1) is 5.03 Å². The van der Waals surface area contributed by atoms with Gasteiger partial charge in [0, 0.05) is 17.8 Å². The zero-order valence-electron chi connectivity index (χ0n) is 11.0. The van der Waals surface area contributed by atoms with Crippen LogP contribution in [-0.4, -0.2) is 5.71 Å². The Morgan fingerprint density at radius 2 is 1.94 bits per heavy atom. The molecule has 0 aromatic heterocycles. The summed E-state index contributed by atoms with van der Waals surface area (Å²) in [7, 11) is 0. The second kappa shape index (κ2) is 9.17. The molecule has 0 aliphatic carbocycles. The third kappa shape index (κ3) is 7.11. The Labute approximate surface area is 109 Å². The summed E-state index contributed by atoms with van der Waals surface area (Å²) >= 11 is 5.79. The number of aliphatic imine (C=N–C) groups is 1. The lowest BCUT2D eigenvalue weighted by Crippen LogP contribution is -1.90. The van der Waals surface area contributed by atoms with Gasteiger partial charge in [-0.2, -0.15) is 0 Å². The lowest BCUT2D eigenvalue weighted by atomic mass is 10.2.